The Bertz CT molecular complexity index is 608. The third-order valence-electron chi connectivity index (χ3n) is 3.68. The van der Waals surface area contributed by atoms with Gasteiger partial charge in [-0.15, -0.1) is 11.3 Å². The summed E-state index contributed by atoms with van der Waals surface area (Å²) < 4.78 is 1.68. The van der Waals surface area contributed by atoms with Crippen LogP contribution in [0.1, 0.15) is 41.2 Å². The molecule has 0 bridgehead atoms. The lowest BCUT2D eigenvalue weighted by atomic mass is 10.2. The molecule has 2 aromatic rings. The second-order valence-corrected chi connectivity index (χ2v) is 6.22. The molecule has 0 aromatic carbocycles. The van der Waals surface area contributed by atoms with Crippen molar-refractivity contribution in [2.75, 3.05) is 6.54 Å². The SMILES string of the molecule is CCn1ncc(Cl)c1C(=O)N1CCC[C@@H]1c1cccs1. The van der Waals surface area contributed by atoms with Gasteiger partial charge in [0.2, 0.25) is 0 Å². The Morgan fingerprint density at radius 1 is 1.60 bits per heavy atom. The van der Waals surface area contributed by atoms with Crippen LogP contribution in [0.5, 0.6) is 0 Å². The Kier molecular flexibility index (Phi) is 3.81. The molecule has 3 rings (SSSR count). The lowest BCUT2D eigenvalue weighted by Crippen LogP contribution is -2.32. The van der Waals surface area contributed by atoms with Gasteiger partial charge in [-0.25, -0.2) is 0 Å². The number of nitrogens with zero attached hydrogens (tertiary/aromatic N) is 3. The number of aryl methyl sites for hydroxylation is 1. The topological polar surface area (TPSA) is 38.1 Å². The van der Waals surface area contributed by atoms with Gasteiger partial charge in [-0.05, 0) is 31.2 Å². The summed E-state index contributed by atoms with van der Waals surface area (Å²) in [6.45, 7) is 3.39. The smallest absolute Gasteiger partial charge is 0.274 e. The van der Waals surface area contributed by atoms with Gasteiger partial charge in [-0.3, -0.25) is 9.48 Å². The zero-order valence-corrected chi connectivity index (χ0v) is 12.8. The van der Waals surface area contributed by atoms with Crippen LogP contribution in [0.25, 0.3) is 0 Å². The Labute approximate surface area is 127 Å². The number of aromatic nitrogens is 2. The zero-order valence-electron chi connectivity index (χ0n) is 11.3. The maximum atomic E-state index is 12.8. The van der Waals surface area contributed by atoms with Crippen molar-refractivity contribution in [3.05, 3.63) is 39.3 Å². The molecule has 0 radical (unpaired) electrons. The van der Waals surface area contributed by atoms with Gasteiger partial charge < -0.3 is 4.90 Å². The van der Waals surface area contributed by atoms with Crippen LogP contribution in [0.2, 0.25) is 5.02 Å². The molecular formula is C14H16ClN3OS. The number of hydrogen-bond donors (Lipinski definition) is 0. The molecule has 1 saturated heterocycles. The van der Waals surface area contributed by atoms with E-state index < -0.39 is 0 Å². The van der Waals surface area contributed by atoms with Crippen LogP contribution in [0.3, 0.4) is 0 Å². The monoisotopic (exact) mass is 309 g/mol. The summed E-state index contributed by atoms with van der Waals surface area (Å²) in [5.41, 5.74) is 0.512. The van der Waals surface area contributed by atoms with E-state index in [1.54, 1.807) is 22.2 Å². The van der Waals surface area contributed by atoms with E-state index in [0.717, 1.165) is 19.4 Å². The molecule has 20 heavy (non-hydrogen) atoms. The average Bonchev–Trinajstić information content (AvgIpc) is 3.17. The third kappa shape index (κ3) is 2.25. The largest absolute Gasteiger partial charge is 0.329 e. The molecule has 0 saturated carbocycles. The third-order valence-corrected chi connectivity index (χ3v) is 4.93. The minimum atomic E-state index is -0.00903. The van der Waals surface area contributed by atoms with Crippen molar-refractivity contribution in [2.24, 2.45) is 0 Å². The molecule has 6 heteroatoms. The maximum Gasteiger partial charge on any atom is 0.274 e. The first-order chi connectivity index (χ1) is 9.72. The Morgan fingerprint density at radius 3 is 3.15 bits per heavy atom. The summed E-state index contributed by atoms with van der Waals surface area (Å²) >= 11 is 7.84. The van der Waals surface area contributed by atoms with Crippen LogP contribution in [0, 0.1) is 0 Å². The fraction of sp³-hybridized carbons (Fsp3) is 0.429. The summed E-state index contributed by atoms with van der Waals surface area (Å²) in [4.78, 5) is 16.0. The molecule has 0 aliphatic carbocycles. The van der Waals surface area contributed by atoms with Crippen molar-refractivity contribution >= 4 is 28.8 Å². The van der Waals surface area contributed by atoms with Crippen LogP contribution in [0.15, 0.2) is 23.7 Å². The van der Waals surface area contributed by atoms with Gasteiger partial charge in [0.05, 0.1) is 17.3 Å². The highest BCUT2D eigenvalue weighted by molar-refractivity contribution is 7.10. The van der Waals surface area contributed by atoms with E-state index in [0.29, 0.717) is 17.3 Å². The second kappa shape index (κ2) is 5.58. The molecule has 1 aliphatic rings. The lowest BCUT2D eigenvalue weighted by molar-refractivity contribution is 0.0725. The van der Waals surface area contributed by atoms with E-state index in [9.17, 15) is 4.79 Å². The fourth-order valence-corrected chi connectivity index (χ4v) is 3.83. The maximum absolute atomic E-state index is 12.8. The quantitative estimate of drug-likeness (QED) is 0.869. The standard InChI is InChI=1S/C14H16ClN3OS/c1-2-18-13(10(15)9-16-18)14(19)17-7-3-5-11(17)12-6-4-8-20-12/h4,6,8-9,11H,2-3,5,7H2,1H3/t11-/m1/s1. The van der Waals surface area contributed by atoms with E-state index in [1.165, 1.54) is 4.88 Å². The Morgan fingerprint density at radius 2 is 2.45 bits per heavy atom. The number of carbonyl (C=O) groups is 1. The predicted molar refractivity (Wildman–Crippen MR) is 80.2 cm³/mol. The van der Waals surface area contributed by atoms with E-state index >= 15 is 0 Å². The van der Waals surface area contributed by atoms with Gasteiger partial charge in [0.1, 0.15) is 5.69 Å². The van der Waals surface area contributed by atoms with E-state index in [2.05, 4.69) is 16.5 Å². The van der Waals surface area contributed by atoms with Crippen molar-refractivity contribution in [2.45, 2.75) is 32.4 Å². The molecule has 1 amide bonds. The fourth-order valence-electron chi connectivity index (χ4n) is 2.74. The minimum Gasteiger partial charge on any atom is -0.329 e. The number of carbonyl (C=O) groups excluding carboxylic acids is 1. The number of likely N-dealkylation sites (tertiary alicyclic amines) is 1. The van der Waals surface area contributed by atoms with Crippen molar-refractivity contribution in [3.8, 4) is 0 Å². The first kappa shape index (κ1) is 13.6. The first-order valence-corrected chi connectivity index (χ1v) is 8.03. The number of rotatable bonds is 3. The molecule has 0 spiro atoms. The van der Waals surface area contributed by atoms with Gasteiger partial charge in [-0.2, -0.15) is 5.10 Å². The molecule has 0 N–H and O–H groups in total. The normalized spacial score (nSPS) is 18.7. The number of halogens is 1. The first-order valence-electron chi connectivity index (χ1n) is 6.78. The highest BCUT2D eigenvalue weighted by Gasteiger charge is 2.33. The molecule has 106 valence electrons. The molecule has 4 nitrogen and oxygen atoms in total. The highest BCUT2D eigenvalue weighted by Crippen LogP contribution is 2.36. The molecule has 1 fully saturated rings. The molecule has 3 heterocycles. The van der Waals surface area contributed by atoms with Gasteiger partial charge in [0.15, 0.2) is 0 Å². The van der Waals surface area contributed by atoms with Crippen molar-refractivity contribution in [3.63, 3.8) is 0 Å². The summed E-state index contributed by atoms with van der Waals surface area (Å²) in [7, 11) is 0. The van der Waals surface area contributed by atoms with E-state index in [1.807, 2.05) is 17.9 Å². The zero-order chi connectivity index (χ0) is 14.1. The molecule has 1 atom stereocenters. The van der Waals surface area contributed by atoms with Crippen molar-refractivity contribution < 1.29 is 4.79 Å². The summed E-state index contributed by atoms with van der Waals surface area (Å²) in [6, 6.07) is 4.31. The summed E-state index contributed by atoms with van der Waals surface area (Å²) in [5.74, 6) is -0.00903. The van der Waals surface area contributed by atoms with E-state index in [4.69, 9.17) is 11.6 Å². The highest BCUT2D eigenvalue weighted by atomic mass is 35.5. The molecular weight excluding hydrogens is 294 g/mol. The van der Waals surface area contributed by atoms with Gasteiger partial charge in [-0.1, -0.05) is 17.7 Å². The van der Waals surface area contributed by atoms with Crippen LogP contribution >= 0.6 is 22.9 Å². The van der Waals surface area contributed by atoms with Crippen molar-refractivity contribution in [1.29, 1.82) is 0 Å². The van der Waals surface area contributed by atoms with Crippen LogP contribution < -0.4 is 0 Å². The average molecular weight is 310 g/mol. The second-order valence-electron chi connectivity index (χ2n) is 4.83. The summed E-state index contributed by atoms with van der Waals surface area (Å²) in [5, 5.41) is 6.65. The van der Waals surface area contributed by atoms with E-state index in [-0.39, 0.29) is 11.9 Å². The Hall–Kier alpha value is -1.33. The molecule has 0 unspecified atom stereocenters. The number of amides is 1. The van der Waals surface area contributed by atoms with Gasteiger partial charge in [0, 0.05) is 18.0 Å². The number of hydrogen-bond acceptors (Lipinski definition) is 3. The predicted octanol–water partition coefficient (Wildman–Crippen LogP) is 3.60. The minimum absolute atomic E-state index is 0.00903. The van der Waals surface area contributed by atoms with Crippen LogP contribution in [-0.2, 0) is 6.54 Å². The number of thiophene rings is 1. The Balaban J connectivity index is 1.91. The van der Waals surface area contributed by atoms with Crippen LogP contribution in [-0.4, -0.2) is 27.1 Å². The van der Waals surface area contributed by atoms with Gasteiger partial charge >= 0.3 is 0 Å². The summed E-state index contributed by atoms with van der Waals surface area (Å²) in [6.07, 6.45) is 3.60. The van der Waals surface area contributed by atoms with Crippen LogP contribution in [0.4, 0.5) is 0 Å². The van der Waals surface area contributed by atoms with Gasteiger partial charge in [0.25, 0.3) is 5.91 Å². The molecule has 1 aliphatic heterocycles. The molecule has 2 aromatic heterocycles. The lowest BCUT2D eigenvalue weighted by Gasteiger charge is -2.24. The van der Waals surface area contributed by atoms with Crippen molar-refractivity contribution in [1.82, 2.24) is 14.7 Å².